The van der Waals surface area contributed by atoms with E-state index in [-0.39, 0.29) is 17.0 Å². The van der Waals surface area contributed by atoms with E-state index in [0.29, 0.717) is 25.4 Å². The number of morpholine rings is 1. The van der Waals surface area contributed by atoms with Gasteiger partial charge in [0.1, 0.15) is 16.8 Å². The van der Waals surface area contributed by atoms with Gasteiger partial charge in [0.15, 0.2) is 0 Å². The second-order valence-electron chi connectivity index (χ2n) is 4.18. The second kappa shape index (κ2) is 5.41. The Morgan fingerprint density at radius 1 is 1.61 bits per heavy atom. The standard InChI is InChI=1S/C12H15N3O2S/c1-8-3-2-4-9(14-8)12(16)15-5-6-17-10(7-15)11(13)18/h2-4,10H,5-7H2,1H3,(H2,13,18). The summed E-state index contributed by atoms with van der Waals surface area (Å²) in [6.07, 6.45) is -0.359. The average molecular weight is 265 g/mol. The lowest BCUT2D eigenvalue weighted by Crippen LogP contribution is -2.50. The van der Waals surface area contributed by atoms with Gasteiger partial charge in [-0.25, -0.2) is 4.98 Å². The molecule has 6 heteroatoms. The van der Waals surface area contributed by atoms with Crippen molar-refractivity contribution < 1.29 is 9.53 Å². The number of hydrogen-bond acceptors (Lipinski definition) is 4. The zero-order valence-corrected chi connectivity index (χ0v) is 10.9. The van der Waals surface area contributed by atoms with Gasteiger partial charge in [0.05, 0.1) is 13.2 Å². The van der Waals surface area contributed by atoms with Crippen LogP contribution in [0.2, 0.25) is 0 Å². The number of nitrogens with two attached hydrogens (primary N) is 1. The maximum absolute atomic E-state index is 12.2. The fourth-order valence-corrected chi connectivity index (χ4v) is 1.97. The highest BCUT2D eigenvalue weighted by Crippen LogP contribution is 2.10. The van der Waals surface area contributed by atoms with E-state index < -0.39 is 0 Å². The van der Waals surface area contributed by atoms with Gasteiger partial charge in [0.2, 0.25) is 0 Å². The normalized spacial score (nSPS) is 19.6. The summed E-state index contributed by atoms with van der Waals surface area (Å²) in [5.74, 6) is -0.108. The van der Waals surface area contributed by atoms with Crippen LogP contribution < -0.4 is 5.73 Å². The number of thiocarbonyl (C=S) groups is 1. The van der Waals surface area contributed by atoms with E-state index in [9.17, 15) is 4.79 Å². The average Bonchev–Trinajstić information content (AvgIpc) is 2.38. The van der Waals surface area contributed by atoms with Crippen molar-refractivity contribution >= 4 is 23.1 Å². The molecule has 5 nitrogen and oxygen atoms in total. The highest BCUT2D eigenvalue weighted by Gasteiger charge is 2.27. The summed E-state index contributed by atoms with van der Waals surface area (Å²) in [5.41, 5.74) is 6.81. The Morgan fingerprint density at radius 3 is 3.06 bits per heavy atom. The topological polar surface area (TPSA) is 68.5 Å². The Bertz CT molecular complexity index is 478. The fraction of sp³-hybridized carbons (Fsp3) is 0.417. The van der Waals surface area contributed by atoms with Gasteiger partial charge in [-0.1, -0.05) is 18.3 Å². The minimum Gasteiger partial charge on any atom is -0.391 e. The highest BCUT2D eigenvalue weighted by molar-refractivity contribution is 7.80. The first-order chi connectivity index (χ1) is 8.58. The van der Waals surface area contributed by atoms with Gasteiger partial charge in [-0.2, -0.15) is 0 Å². The van der Waals surface area contributed by atoms with Gasteiger partial charge >= 0.3 is 0 Å². The number of carbonyl (C=O) groups excluding carboxylic acids is 1. The molecule has 1 saturated heterocycles. The van der Waals surface area contributed by atoms with E-state index in [0.717, 1.165) is 5.69 Å². The Kier molecular flexibility index (Phi) is 3.88. The molecule has 0 bridgehead atoms. The lowest BCUT2D eigenvalue weighted by Gasteiger charge is -2.32. The zero-order chi connectivity index (χ0) is 13.1. The van der Waals surface area contributed by atoms with E-state index >= 15 is 0 Å². The van der Waals surface area contributed by atoms with Crippen molar-refractivity contribution in [1.29, 1.82) is 0 Å². The number of aryl methyl sites for hydroxylation is 1. The Morgan fingerprint density at radius 2 is 2.39 bits per heavy atom. The third kappa shape index (κ3) is 2.83. The molecular formula is C12H15N3O2S. The lowest BCUT2D eigenvalue weighted by atomic mass is 10.2. The van der Waals surface area contributed by atoms with E-state index in [1.54, 1.807) is 11.0 Å². The molecule has 96 valence electrons. The summed E-state index contributed by atoms with van der Waals surface area (Å²) in [6.45, 7) is 3.23. The van der Waals surface area contributed by atoms with Crippen LogP contribution in [-0.2, 0) is 4.74 Å². The first-order valence-electron chi connectivity index (χ1n) is 5.72. The number of pyridine rings is 1. The Labute approximate surface area is 111 Å². The number of nitrogens with zero attached hydrogens (tertiary/aromatic N) is 2. The van der Waals surface area contributed by atoms with Gasteiger partial charge in [0, 0.05) is 12.2 Å². The molecule has 1 unspecified atom stereocenters. The number of carbonyl (C=O) groups is 1. The van der Waals surface area contributed by atoms with Crippen LogP contribution >= 0.6 is 12.2 Å². The molecule has 2 N–H and O–H groups in total. The minimum atomic E-state index is -0.359. The molecule has 0 spiro atoms. The van der Waals surface area contributed by atoms with Crippen LogP contribution in [0.15, 0.2) is 18.2 Å². The molecule has 1 amide bonds. The smallest absolute Gasteiger partial charge is 0.272 e. The van der Waals surface area contributed by atoms with Crippen LogP contribution in [0.4, 0.5) is 0 Å². The first kappa shape index (κ1) is 12.9. The van der Waals surface area contributed by atoms with Crippen LogP contribution in [0, 0.1) is 6.92 Å². The predicted molar refractivity (Wildman–Crippen MR) is 71.4 cm³/mol. The second-order valence-corrected chi connectivity index (χ2v) is 4.65. The van der Waals surface area contributed by atoms with Crippen LogP contribution in [-0.4, -0.2) is 46.6 Å². The van der Waals surface area contributed by atoms with E-state index in [1.165, 1.54) is 0 Å². The molecule has 1 aliphatic rings. The van der Waals surface area contributed by atoms with Crippen LogP contribution in [0.5, 0.6) is 0 Å². The molecular weight excluding hydrogens is 250 g/mol. The van der Waals surface area contributed by atoms with Crippen molar-refractivity contribution in [3.05, 3.63) is 29.6 Å². The molecule has 2 rings (SSSR count). The van der Waals surface area contributed by atoms with Crippen molar-refractivity contribution in [2.24, 2.45) is 5.73 Å². The van der Waals surface area contributed by atoms with Gasteiger partial charge in [-0.3, -0.25) is 4.79 Å². The molecule has 0 saturated carbocycles. The summed E-state index contributed by atoms with van der Waals surface area (Å²) < 4.78 is 5.40. The predicted octanol–water partition coefficient (Wildman–Crippen LogP) is 0.517. The Hall–Kier alpha value is -1.53. The van der Waals surface area contributed by atoms with Crippen LogP contribution in [0.25, 0.3) is 0 Å². The number of hydrogen-bond donors (Lipinski definition) is 1. The summed E-state index contributed by atoms with van der Waals surface area (Å²) in [7, 11) is 0. The summed E-state index contributed by atoms with van der Waals surface area (Å²) >= 11 is 4.89. The van der Waals surface area contributed by atoms with E-state index in [2.05, 4.69) is 4.98 Å². The molecule has 18 heavy (non-hydrogen) atoms. The van der Waals surface area contributed by atoms with Gasteiger partial charge in [-0.05, 0) is 19.1 Å². The van der Waals surface area contributed by atoms with Gasteiger partial charge in [0.25, 0.3) is 5.91 Å². The maximum atomic E-state index is 12.2. The molecule has 1 fully saturated rings. The van der Waals surface area contributed by atoms with Crippen molar-refractivity contribution in [2.45, 2.75) is 13.0 Å². The summed E-state index contributed by atoms with van der Waals surface area (Å²) in [4.78, 5) is 18.4. The van der Waals surface area contributed by atoms with Crippen molar-refractivity contribution in [2.75, 3.05) is 19.7 Å². The van der Waals surface area contributed by atoms with Gasteiger partial charge < -0.3 is 15.4 Å². The lowest BCUT2D eigenvalue weighted by molar-refractivity contribution is 0.00849. The third-order valence-corrected chi connectivity index (χ3v) is 3.04. The molecule has 1 atom stereocenters. The van der Waals surface area contributed by atoms with E-state index in [4.69, 9.17) is 22.7 Å². The molecule has 1 aromatic heterocycles. The fourth-order valence-electron chi connectivity index (χ4n) is 1.83. The molecule has 1 aromatic rings. The number of ether oxygens (including phenoxy) is 1. The van der Waals surface area contributed by atoms with Crippen molar-refractivity contribution in [3.63, 3.8) is 0 Å². The Balaban J connectivity index is 2.11. The molecule has 1 aliphatic heterocycles. The minimum absolute atomic E-state index is 0.108. The summed E-state index contributed by atoms with van der Waals surface area (Å²) in [6, 6.07) is 5.38. The highest BCUT2D eigenvalue weighted by atomic mass is 32.1. The van der Waals surface area contributed by atoms with Gasteiger partial charge in [-0.15, -0.1) is 0 Å². The largest absolute Gasteiger partial charge is 0.391 e. The summed E-state index contributed by atoms with van der Waals surface area (Å²) in [5, 5.41) is 0. The zero-order valence-electron chi connectivity index (χ0n) is 10.1. The number of aromatic nitrogens is 1. The van der Waals surface area contributed by atoms with Crippen molar-refractivity contribution in [3.8, 4) is 0 Å². The number of rotatable bonds is 2. The van der Waals surface area contributed by atoms with Crippen LogP contribution in [0.3, 0.4) is 0 Å². The molecule has 0 radical (unpaired) electrons. The third-order valence-electron chi connectivity index (χ3n) is 2.78. The number of amides is 1. The monoisotopic (exact) mass is 265 g/mol. The van der Waals surface area contributed by atoms with Crippen molar-refractivity contribution in [1.82, 2.24) is 9.88 Å². The quantitative estimate of drug-likeness (QED) is 0.789. The molecule has 0 aromatic carbocycles. The first-order valence-corrected chi connectivity index (χ1v) is 6.12. The molecule has 0 aliphatic carbocycles. The van der Waals surface area contributed by atoms with Crippen LogP contribution in [0.1, 0.15) is 16.2 Å². The SMILES string of the molecule is Cc1cccc(C(=O)N2CCOC(C(N)=S)C2)n1. The maximum Gasteiger partial charge on any atom is 0.272 e. The van der Waals surface area contributed by atoms with E-state index in [1.807, 2.05) is 19.1 Å². The molecule has 2 heterocycles.